The van der Waals surface area contributed by atoms with E-state index >= 15 is 0 Å². The van der Waals surface area contributed by atoms with Crippen molar-refractivity contribution in [3.05, 3.63) is 34.9 Å². The van der Waals surface area contributed by atoms with Crippen LogP contribution in [0.1, 0.15) is 25.8 Å². The van der Waals surface area contributed by atoms with Gasteiger partial charge in [-0.05, 0) is 38.0 Å². The van der Waals surface area contributed by atoms with Crippen molar-refractivity contribution >= 4 is 17.5 Å². The van der Waals surface area contributed by atoms with Crippen molar-refractivity contribution in [1.29, 1.82) is 0 Å². The summed E-state index contributed by atoms with van der Waals surface area (Å²) in [5.41, 5.74) is 0.919. The van der Waals surface area contributed by atoms with E-state index in [0.717, 1.165) is 5.56 Å². The van der Waals surface area contributed by atoms with Gasteiger partial charge in [-0.3, -0.25) is 4.79 Å². The summed E-state index contributed by atoms with van der Waals surface area (Å²) in [5, 5.41) is 9.49. The summed E-state index contributed by atoms with van der Waals surface area (Å²) in [4.78, 5) is 14.0. The summed E-state index contributed by atoms with van der Waals surface area (Å²) in [6.07, 6.45) is 0.962. The van der Waals surface area contributed by atoms with Crippen LogP contribution in [0, 0.1) is 0 Å². The molecule has 1 aromatic rings. The van der Waals surface area contributed by atoms with Crippen LogP contribution < -0.4 is 0 Å². The van der Waals surface area contributed by atoms with E-state index in [4.69, 9.17) is 16.7 Å². The molecule has 0 aliphatic rings. The molecule has 0 saturated heterocycles. The molecule has 3 nitrogen and oxygen atoms in total. The zero-order valence-corrected chi connectivity index (χ0v) is 11.7. The lowest BCUT2D eigenvalue weighted by Gasteiger charge is -2.26. The maximum absolute atomic E-state index is 12.2. The second kappa shape index (κ2) is 7.39. The number of halogens is 1. The molecule has 0 saturated carbocycles. The van der Waals surface area contributed by atoms with Crippen LogP contribution in [0.5, 0.6) is 0 Å². The Labute approximate surface area is 113 Å². The molecule has 0 heterocycles. The van der Waals surface area contributed by atoms with Crippen LogP contribution >= 0.6 is 11.6 Å². The first-order chi connectivity index (χ1) is 8.54. The average Bonchev–Trinajstić information content (AvgIpc) is 2.29. The van der Waals surface area contributed by atoms with Crippen molar-refractivity contribution in [2.75, 3.05) is 13.2 Å². The molecule has 0 aliphatic heterocycles. The molecular weight excluding hydrogens is 250 g/mol. The number of rotatable bonds is 6. The molecule has 0 radical (unpaired) electrons. The van der Waals surface area contributed by atoms with E-state index in [0.29, 0.717) is 24.4 Å². The topological polar surface area (TPSA) is 40.5 Å². The van der Waals surface area contributed by atoms with Crippen molar-refractivity contribution in [3.63, 3.8) is 0 Å². The molecular formula is C14H20ClNO2. The Hall–Kier alpha value is -1.06. The summed E-state index contributed by atoms with van der Waals surface area (Å²) in [7, 11) is 0. The van der Waals surface area contributed by atoms with Crippen LogP contribution in [0.15, 0.2) is 24.3 Å². The lowest BCUT2D eigenvalue weighted by Crippen LogP contribution is -2.39. The maximum atomic E-state index is 12.2. The molecule has 0 atom stereocenters. The highest BCUT2D eigenvalue weighted by molar-refractivity contribution is 6.30. The maximum Gasteiger partial charge on any atom is 0.227 e. The number of aliphatic hydroxyl groups excluding tert-OH is 1. The molecule has 18 heavy (non-hydrogen) atoms. The molecule has 0 spiro atoms. The number of nitrogens with zero attached hydrogens (tertiary/aromatic N) is 1. The molecule has 0 unspecified atom stereocenters. The minimum atomic E-state index is 0.0701. The summed E-state index contributed by atoms with van der Waals surface area (Å²) in [5.74, 6) is 0.0701. The number of hydrogen-bond acceptors (Lipinski definition) is 2. The van der Waals surface area contributed by atoms with Crippen LogP contribution in [0.4, 0.5) is 0 Å². The smallest absolute Gasteiger partial charge is 0.227 e. The van der Waals surface area contributed by atoms with Crippen molar-refractivity contribution in [1.82, 2.24) is 4.90 Å². The first-order valence-corrected chi connectivity index (χ1v) is 6.57. The summed E-state index contributed by atoms with van der Waals surface area (Å²) >= 11 is 5.90. The van der Waals surface area contributed by atoms with Crippen LogP contribution in [0.2, 0.25) is 5.02 Å². The lowest BCUT2D eigenvalue weighted by molar-refractivity contribution is -0.132. The second-order valence-corrected chi connectivity index (χ2v) is 5.00. The van der Waals surface area contributed by atoms with Gasteiger partial charge in [-0.1, -0.05) is 23.7 Å². The summed E-state index contributed by atoms with van der Waals surface area (Å²) in [6, 6.07) is 7.49. The Morgan fingerprint density at radius 2 is 2.17 bits per heavy atom. The van der Waals surface area contributed by atoms with Crippen molar-refractivity contribution in [3.8, 4) is 0 Å². The van der Waals surface area contributed by atoms with Crippen molar-refractivity contribution in [2.45, 2.75) is 32.7 Å². The molecule has 0 aromatic heterocycles. The van der Waals surface area contributed by atoms with E-state index in [1.54, 1.807) is 11.0 Å². The first kappa shape index (κ1) is 15.0. The van der Waals surface area contributed by atoms with Gasteiger partial charge in [0, 0.05) is 24.2 Å². The van der Waals surface area contributed by atoms with E-state index in [1.807, 2.05) is 32.0 Å². The number of carbonyl (C=O) groups is 1. The third-order valence-electron chi connectivity index (χ3n) is 2.75. The van der Waals surface area contributed by atoms with Gasteiger partial charge in [-0.2, -0.15) is 0 Å². The molecule has 100 valence electrons. The molecule has 1 aromatic carbocycles. The SMILES string of the molecule is CC(C)N(CCCO)C(=O)Cc1cccc(Cl)c1. The van der Waals surface area contributed by atoms with Gasteiger partial charge in [-0.15, -0.1) is 0 Å². The molecule has 0 bridgehead atoms. The zero-order chi connectivity index (χ0) is 13.5. The van der Waals surface area contributed by atoms with Gasteiger partial charge in [0.1, 0.15) is 0 Å². The first-order valence-electron chi connectivity index (χ1n) is 6.19. The van der Waals surface area contributed by atoms with Crippen molar-refractivity contribution < 1.29 is 9.90 Å². The van der Waals surface area contributed by atoms with E-state index < -0.39 is 0 Å². The van der Waals surface area contributed by atoms with Gasteiger partial charge in [-0.25, -0.2) is 0 Å². The van der Waals surface area contributed by atoms with E-state index in [9.17, 15) is 4.79 Å². The largest absolute Gasteiger partial charge is 0.396 e. The van der Waals surface area contributed by atoms with Gasteiger partial charge in [0.2, 0.25) is 5.91 Å². The van der Waals surface area contributed by atoms with Gasteiger partial charge >= 0.3 is 0 Å². The predicted molar refractivity (Wildman–Crippen MR) is 73.7 cm³/mol. The monoisotopic (exact) mass is 269 g/mol. The minimum Gasteiger partial charge on any atom is -0.396 e. The van der Waals surface area contributed by atoms with Crippen LogP contribution in [-0.4, -0.2) is 35.1 Å². The number of carbonyl (C=O) groups excluding carboxylic acids is 1. The highest BCUT2D eigenvalue weighted by Gasteiger charge is 2.16. The average molecular weight is 270 g/mol. The van der Waals surface area contributed by atoms with Crippen molar-refractivity contribution in [2.24, 2.45) is 0 Å². The van der Waals surface area contributed by atoms with Gasteiger partial charge < -0.3 is 10.0 Å². The Kier molecular flexibility index (Phi) is 6.16. The Morgan fingerprint density at radius 3 is 2.72 bits per heavy atom. The quantitative estimate of drug-likeness (QED) is 0.862. The van der Waals surface area contributed by atoms with Gasteiger partial charge in [0.15, 0.2) is 0 Å². The molecule has 4 heteroatoms. The number of aliphatic hydroxyl groups is 1. The fourth-order valence-electron chi connectivity index (χ4n) is 1.84. The highest BCUT2D eigenvalue weighted by Crippen LogP contribution is 2.13. The highest BCUT2D eigenvalue weighted by atomic mass is 35.5. The Bertz CT molecular complexity index is 393. The molecule has 0 fully saturated rings. The normalized spacial score (nSPS) is 10.7. The standard InChI is InChI=1S/C14H20ClNO2/c1-11(2)16(7-4-8-17)14(18)10-12-5-3-6-13(15)9-12/h3,5-6,9,11,17H,4,7-8,10H2,1-2H3. The van der Waals surface area contributed by atoms with Gasteiger partial charge in [0.25, 0.3) is 0 Å². The van der Waals surface area contributed by atoms with Crippen LogP contribution in [-0.2, 0) is 11.2 Å². The molecule has 1 rings (SSSR count). The minimum absolute atomic E-state index is 0.0701. The third kappa shape index (κ3) is 4.67. The molecule has 1 amide bonds. The third-order valence-corrected chi connectivity index (χ3v) is 2.98. The predicted octanol–water partition coefficient (Wildman–Crippen LogP) is 2.50. The van der Waals surface area contributed by atoms with E-state index in [-0.39, 0.29) is 18.6 Å². The van der Waals surface area contributed by atoms with E-state index in [2.05, 4.69) is 0 Å². The fraction of sp³-hybridized carbons (Fsp3) is 0.500. The second-order valence-electron chi connectivity index (χ2n) is 4.56. The number of benzene rings is 1. The zero-order valence-electron chi connectivity index (χ0n) is 10.9. The van der Waals surface area contributed by atoms with E-state index in [1.165, 1.54) is 0 Å². The van der Waals surface area contributed by atoms with Crippen LogP contribution in [0.3, 0.4) is 0 Å². The molecule has 1 N–H and O–H groups in total. The van der Waals surface area contributed by atoms with Crippen LogP contribution in [0.25, 0.3) is 0 Å². The number of hydrogen-bond donors (Lipinski definition) is 1. The molecule has 0 aliphatic carbocycles. The lowest BCUT2D eigenvalue weighted by atomic mass is 10.1. The fourth-order valence-corrected chi connectivity index (χ4v) is 2.05. The summed E-state index contributed by atoms with van der Waals surface area (Å²) < 4.78 is 0. The Balaban J connectivity index is 2.66. The number of amides is 1. The summed E-state index contributed by atoms with van der Waals surface area (Å²) in [6.45, 7) is 4.65. The van der Waals surface area contributed by atoms with Gasteiger partial charge in [0.05, 0.1) is 6.42 Å². The Morgan fingerprint density at radius 1 is 1.44 bits per heavy atom.